The fraction of sp³-hybridized carbons (Fsp3) is 0.300. The van der Waals surface area contributed by atoms with E-state index in [-0.39, 0.29) is 24.7 Å². The summed E-state index contributed by atoms with van der Waals surface area (Å²) < 4.78 is 14.8. The molecule has 1 aliphatic rings. The first-order chi connectivity index (χ1) is 19.0. The summed E-state index contributed by atoms with van der Waals surface area (Å²) in [6.07, 6.45) is 1.65. The maximum Gasteiger partial charge on any atom is 0.217 e. The Labute approximate surface area is 232 Å². The number of ether oxygens (including phenoxy) is 2. The first kappa shape index (κ1) is 27.1. The van der Waals surface area contributed by atoms with Gasteiger partial charge in [-0.3, -0.25) is 4.79 Å². The molecule has 1 aromatic heterocycles. The Hall–Kier alpha value is -3.50. The van der Waals surface area contributed by atoms with Gasteiger partial charge in [0.1, 0.15) is 6.33 Å². The third-order valence-corrected chi connectivity index (χ3v) is 7.89. The zero-order valence-electron chi connectivity index (χ0n) is 22.0. The van der Waals surface area contributed by atoms with E-state index in [0.29, 0.717) is 18.7 Å². The van der Waals surface area contributed by atoms with Crippen LogP contribution in [0.4, 0.5) is 0 Å². The van der Waals surface area contributed by atoms with Gasteiger partial charge in [0.25, 0.3) is 0 Å². The quantitative estimate of drug-likeness (QED) is 0.288. The summed E-state index contributed by atoms with van der Waals surface area (Å²) in [6.45, 7) is 2.01. The summed E-state index contributed by atoms with van der Waals surface area (Å²) in [5.41, 5.74) is 6.04. The van der Waals surface area contributed by atoms with Gasteiger partial charge in [0.05, 0.1) is 18.8 Å². The SMILES string of the molecule is CC(=O)NCc1ccccc1-c1ccc(C2OC(CSc3nncn3C)CC(c3ccc(CO)cc3)O2)cc1. The number of amides is 1. The fourth-order valence-corrected chi connectivity index (χ4v) is 5.49. The summed E-state index contributed by atoms with van der Waals surface area (Å²) in [4.78, 5) is 11.4. The van der Waals surface area contributed by atoms with E-state index in [1.165, 1.54) is 6.92 Å². The van der Waals surface area contributed by atoms with Gasteiger partial charge in [0.15, 0.2) is 11.4 Å². The summed E-state index contributed by atoms with van der Waals surface area (Å²) in [5, 5.41) is 21.3. The van der Waals surface area contributed by atoms with Crippen LogP contribution in [0.2, 0.25) is 0 Å². The Bertz CT molecular complexity index is 1390. The number of hydrogen-bond acceptors (Lipinski definition) is 7. The molecule has 9 heteroatoms. The molecule has 1 fully saturated rings. The summed E-state index contributed by atoms with van der Waals surface area (Å²) in [7, 11) is 1.93. The van der Waals surface area contributed by atoms with Gasteiger partial charge in [-0.2, -0.15) is 0 Å². The van der Waals surface area contributed by atoms with Crippen molar-refractivity contribution in [2.24, 2.45) is 7.05 Å². The average Bonchev–Trinajstić information content (AvgIpc) is 3.39. The van der Waals surface area contributed by atoms with Crippen LogP contribution < -0.4 is 5.32 Å². The van der Waals surface area contributed by atoms with E-state index in [1.807, 2.05) is 66.2 Å². The highest BCUT2D eigenvalue weighted by atomic mass is 32.2. The summed E-state index contributed by atoms with van der Waals surface area (Å²) in [6, 6.07) is 24.2. The van der Waals surface area contributed by atoms with Gasteiger partial charge in [0, 0.05) is 38.3 Å². The maximum atomic E-state index is 11.4. The lowest BCUT2D eigenvalue weighted by molar-refractivity contribution is -0.245. The standard InChI is InChI=1S/C30H32N4O4S/c1-20(36)31-16-25-5-3-4-6-27(25)22-11-13-24(14-12-22)29-37-26(18-39-30-33-32-19-34(30)2)15-28(38-29)23-9-7-21(17-35)8-10-23/h3-14,19,26,28-29,35H,15-18H2,1-2H3,(H,31,36). The molecule has 4 aromatic rings. The lowest BCUT2D eigenvalue weighted by Gasteiger charge is -2.36. The molecule has 3 aromatic carbocycles. The molecule has 0 bridgehead atoms. The molecule has 3 atom stereocenters. The minimum absolute atomic E-state index is 0.00873. The zero-order valence-corrected chi connectivity index (χ0v) is 22.8. The molecular formula is C30H32N4O4S. The Morgan fingerprint density at radius 2 is 1.79 bits per heavy atom. The van der Waals surface area contributed by atoms with Crippen LogP contribution in [0.15, 0.2) is 84.3 Å². The topological polar surface area (TPSA) is 98.5 Å². The van der Waals surface area contributed by atoms with Crippen LogP contribution in [-0.4, -0.2) is 37.6 Å². The van der Waals surface area contributed by atoms with Gasteiger partial charge in [0.2, 0.25) is 5.91 Å². The number of benzene rings is 3. The number of aliphatic hydroxyl groups is 1. The van der Waals surface area contributed by atoms with Crippen LogP contribution in [0.25, 0.3) is 11.1 Å². The number of thioether (sulfide) groups is 1. The minimum Gasteiger partial charge on any atom is -0.392 e. The molecule has 0 spiro atoms. The number of carbonyl (C=O) groups excluding carboxylic acids is 1. The Morgan fingerprint density at radius 3 is 2.49 bits per heavy atom. The van der Waals surface area contributed by atoms with Crippen molar-refractivity contribution in [2.45, 2.75) is 50.2 Å². The molecule has 3 unspecified atom stereocenters. The molecule has 1 amide bonds. The van der Waals surface area contributed by atoms with Crippen molar-refractivity contribution in [3.63, 3.8) is 0 Å². The van der Waals surface area contributed by atoms with Crippen LogP contribution in [0.5, 0.6) is 0 Å². The van der Waals surface area contributed by atoms with E-state index >= 15 is 0 Å². The highest BCUT2D eigenvalue weighted by molar-refractivity contribution is 7.99. The largest absolute Gasteiger partial charge is 0.392 e. The van der Waals surface area contributed by atoms with Crippen molar-refractivity contribution < 1.29 is 19.4 Å². The second-order valence-electron chi connectivity index (χ2n) is 9.57. The monoisotopic (exact) mass is 544 g/mol. The highest BCUT2D eigenvalue weighted by Gasteiger charge is 2.32. The van der Waals surface area contributed by atoms with E-state index in [9.17, 15) is 9.90 Å². The number of carbonyl (C=O) groups is 1. The normalized spacial score (nSPS) is 19.1. The zero-order chi connectivity index (χ0) is 27.2. The number of rotatable bonds is 9. The Balaban J connectivity index is 1.36. The van der Waals surface area contributed by atoms with E-state index in [1.54, 1.807) is 18.1 Å². The average molecular weight is 545 g/mol. The molecule has 8 nitrogen and oxygen atoms in total. The van der Waals surface area contributed by atoms with Crippen LogP contribution >= 0.6 is 11.8 Å². The molecular weight excluding hydrogens is 512 g/mol. The summed E-state index contributed by atoms with van der Waals surface area (Å²) >= 11 is 1.61. The van der Waals surface area contributed by atoms with Crippen molar-refractivity contribution in [1.29, 1.82) is 0 Å². The van der Waals surface area contributed by atoms with Crippen molar-refractivity contribution in [2.75, 3.05) is 5.75 Å². The number of aromatic nitrogens is 3. The van der Waals surface area contributed by atoms with Crippen LogP contribution in [0, 0.1) is 0 Å². The van der Waals surface area contributed by atoms with Gasteiger partial charge >= 0.3 is 0 Å². The summed E-state index contributed by atoms with van der Waals surface area (Å²) in [5.74, 6) is 0.658. The molecule has 0 radical (unpaired) electrons. The third-order valence-electron chi connectivity index (χ3n) is 6.72. The van der Waals surface area contributed by atoms with E-state index < -0.39 is 6.29 Å². The second-order valence-corrected chi connectivity index (χ2v) is 10.6. The van der Waals surface area contributed by atoms with E-state index in [2.05, 4.69) is 33.7 Å². The van der Waals surface area contributed by atoms with Gasteiger partial charge in [-0.1, -0.05) is 84.6 Å². The number of aliphatic hydroxyl groups excluding tert-OH is 1. The predicted octanol–water partition coefficient (Wildman–Crippen LogP) is 4.95. The Morgan fingerprint density at radius 1 is 1.05 bits per heavy atom. The fourth-order valence-electron chi connectivity index (χ4n) is 4.59. The van der Waals surface area contributed by atoms with Gasteiger partial charge in [-0.25, -0.2) is 0 Å². The molecule has 2 N–H and O–H groups in total. The van der Waals surface area contributed by atoms with Crippen molar-refractivity contribution in [3.8, 4) is 11.1 Å². The molecule has 1 saturated heterocycles. The number of nitrogens with one attached hydrogen (secondary N) is 1. The van der Waals surface area contributed by atoms with Gasteiger partial charge in [-0.05, 0) is 27.8 Å². The number of hydrogen-bond donors (Lipinski definition) is 2. The van der Waals surface area contributed by atoms with Crippen molar-refractivity contribution in [1.82, 2.24) is 20.1 Å². The molecule has 1 aliphatic heterocycles. The van der Waals surface area contributed by atoms with E-state index in [4.69, 9.17) is 9.47 Å². The first-order valence-electron chi connectivity index (χ1n) is 12.9. The molecule has 2 heterocycles. The van der Waals surface area contributed by atoms with Gasteiger partial charge in [-0.15, -0.1) is 10.2 Å². The number of aryl methyl sites for hydroxylation is 1. The Kier molecular flexibility index (Phi) is 8.73. The first-order valence-corrected chi connectivity index (χ1v) is 13.9. The molecule has 0 aliphatic carbocycles. The maximum absolute atomic E-state index is 11.4. The van der Waals surface area contributed by atoms with Crippen molar-refractivity contribution in [3.05, 3.63) is 101 Å². The minimum atomic E-state index is -0.532. The predicted molar refractivity (Wildman–Crippen MR) is 150 cm³/mol. The highest BCUT2D eigenvalue weighted by Crippen LogP contribution is 2.39. The van der Waals surface area contributed by atoms with Crippen LogP contribution in [0.1, 0.15) is 48.0 Å². The van der Waals surface area contributed by atoms with Gasteiger partial charge < -0.3 is 24.5 Å². The lowest BCUT2D eigenvalue weighted by atomic mass is 9.98. The lowest BCUT2D eigenvalue weighted by Crippen LogP contribution is -2.31. The van der Waals surface area contributed by atoms with Crippen molar-refractivity contribution >= 4 is 17.7 Å². The van der Waals surface area contributed by atoms with E-state index in [0.717, 1.165) is 38.5 Å². The van der Waals surface area contributed by atoms with Crippen LogP contribution in [-0.2, 0) is 34.5 Å². The molecule has 39 heavy (non-hydrogen) atoms. The smallest absolute Gasteiger partial charge is 0.217 e. The number of nitrogens with zero attached hydrogens (tertiary/aromatic N) is 3. The second kappa shape index (κ2) is 12.6. The molecule has 0 saturated carbocycles. The van der Waals surface area contributed by atoms with Crippen LogP contribution in [0.3, 0.4) is 0 Å². The third kappa shape index (κ3) is 6.75. The molecule has 202 valence electrons. The molecule has 5 rings (SSSR count).